The Morgan fingerprint density at radius 2 is 1.75 bits per heavy atom. The highest BCUT2D eigenvalue weighted by Gasteiger charge is 2.29. The van der Waals surface area contributed by atoms with Gasteiger partial charge >= 0.3 is 6.61 Å². The third-order valence-corrected chi connectivity index (χ3v) is 6.59. The quantitative estimate of drug-likeness (QED) is 0.752. The highest BCUT2D eigenvalue weighted by atomic mass is 35.5. The molecule has 1 heterocycles. The number of anilines is 1. The molecule has 1 N–H and O–H groups in total. The maximum Gasteiger partial charge on any atom is 0.387 e. The van der Waals surface area contributed by atoms with Gasteiger partial charge in [-0.2, -0.15) is 13.1 Å². The molecule has 0 saturated carbocycles. The molecule has 3 rings (SSSR count). The van der Waals surface area contributed by atoms with E-state index >= 15 is 0 Å². The first kappa shape index (κ1) is 20.5. The number of hydrogen-bond donors (Lipinski definition) is 1. The number of alkyl halides is 2. The summed E-state index contributed by atoms with van der Waals surface area (Å²) in [6.45, 7) is -2.09. The summed E-state index contributed by atoms with van der Waals surface area (Å²) in [6, 6.07) is 9.33. The molecule has 0 aromatic heterocycles. The van der Waals surface area contributed by atoms with Crippen LogP contribution in [0.4, 0.5) is 14.5 Å². The van der Waals surface area contributed by atoms with E-state index in [0.717, 1.165) is 12.8 Å². The van der Waals surface area contributed by atoms with Crippen molar-refractivity contribution < 1.29 is 26.7 Å². The minimum absolute atomic E-state index is 0.0680. The first-order valence-electron chi connectivity index (χ1n) is 8.43. The van der Waals surface area contributed by atoms with Gasteiger partial charge in [-0.3, -0.25) is 4.79 Å². The molecule has 0 spiro atoms. The monoisotopic (exact) mass is 430 g/mol. The van der Waals surface area contributed by atoms with E-state index in [0.29, 0.717) is 13.1 Å². The number of rotatable bonds is 6. The number of hydrogen-bond acceptors (Lipinski definition) is 4. The summed E-state index contributed by atoms with van der Waals surface area (Å²) in [6.07, 6.45) is 1.58. The fraction of sp³-hybridized carbons (Fsp3) is 0.278. The van der Waals surface area contributed by atoms with Crippen LogP contribution in [-0.4, -0.2) is 38.3 Å². The van der Waals surface area contributed by atoms with Crippen LogP contribution in [0, 0.1) is 0 Å². The van der Waals surface area contributed by atoms with E-state index < -0.39 is 22.5 Å². The van der Waals surface area contributed by atoms with Gasteiger partial charge in [0.05, 0.1) is 5.02 Å². The van der Waals surface area contributed by atoms with E-state index in [2.05, 4.69) is 10.1 Å². The second kappa shape index (κ2) is 8.42. The van der Waals surface area contributed by atoms with E-state index in [-0.39, 0.29) is 26.9 Å². The SMILES string of the molecule is O=C(Nc1ccc(Cl)c(S(=O)(=O)N2CCCC2)c1)c1ccc(OC(F)F)cc1. The highest BCUT2D eigenvalue weighted by Crippen LogP contribution is 2.30. The van der Waals surface area contributed by atoms with Crippen LogP contribution in [0.15, 0.2) is 47.4 Å². The molecule has 0 atom stereocenters. The number of carbonyl (C=O) groups is 1. The lowest BCUT2D eigenvalue weighted by Gasteiger charge is -2.17. The number of halogens is 3. The average Bonchev–Trinajstić information content (AvgIpc) is 3.19. The Kier molecular flexibility index (Phi) is 6.17. The first-order valence-corrected chi connectivity index (χ1v) is 10.2. The molecule has 2 aromatic carbocycles. The number of carbonyl (C=O) groups excluding carboxylic acids is 1. The third kappa shape index (κ3) is 4.60. The number of amides is 1. The third-order valence-electron chi connectivity index (χ3n) is 4.21. The van der Waals surface area contributed by atoms with E-state index in [9.17, 15) is 22.0 Å². The lowest BCUT2D eigenvalue weighted by Crippen LogP contribution is -2.28. The van der Waals surface area contributed by atoms with Crippen molar-refractivity contribution in [3.05, 3.63) is 53.1 Å². The van der Waals surface area contributed by atoms with E-state index in [4.69, 9.17) is 11.6 Å². The van der Waals surface area contributed by atoms with Gasteiger partial charge in [0.25, 0.3) is 5.91 Å². The topological polar surface area (TPSA) is 75.7 Å². The summed E-state index contributed by atoms with van der Waals surface area (Å²) in [5.41, 5.74) is 0.445. The smallest absolute Gasteiger partial charge is 0.387 e. The molecule has 1 amide bonds. The van der Waals surface area contributed by atoms with Crippen LogP contribution in [0.25, 0.3) is 0 Å². The maximum atomic E-state index is 12.7. The molecule has 0 bridgehead atoms. The minimum atomic E-state index is -3.75. The van der Waals surface area contributed by atoms with Crippen molar-refractivity contribution in [2.75, 3.05) is 18.4 Å². The molecule has 0 aliphatic carbocycles. The molecule has 150 valence electrons. The second-order valence-electron chi connectivity index (χ2n) is 6.11. The Morgan fingerprint density at radius 3 is 2.36 bits per heavy atom. The largest absolute Gasteiger partial charge is 0.435 e. The van der Waals surface area contributed by atoms with Gasteiger partial charge in [0.1, 0.15) is 10.6 Å². The van der Waals surface area contributed by atoms with Crippen LogP contribution >= 0.6 is 11.6 Å². The van der Waals surface area contributed by atoms with Gasteiger partial charge in [-0.1, -0.05) is 11.6 Å². The van der Waals surface area contributed by atoms with Gasteiger partial charge in [-0.25, -0.2) is 8.42 Å². The Balaban J connectivity index is 1.78. The molecule has 2 aromatic rings. The van der Waals surface area contributed by atoms with Crippen molar-refractivity contribution in [2.45, 2.75) is 24.3 Å². The van der Waals surface area contributed by atoms with Gasteiger partial charge in [-0.15, -0.1) is 0 Å². The zero-order valence-electron chi connectivity index (χ0n) is 14.6. The summed E-state index contributed by atoms with van der Waals surface area (Å²) in [7, 11) is -3.75. The molecular weight excluding hydrogens is 414 g/mol. The fourth-order valence-electron chi connectivity index (χ4n) is 2.84. The molecular formula is C18H17ClF2N2O4S. The molecule has 1 aliphatic rings. The van der Waals surface area contributed by atoms with E-state index in [1.54, 1.807) is 0 Å². The standard InChI is InChI=1S/C18H17ClF2N2O4S/c19-15-8-5-13(11-16(15)28(25,26)23-9-1-2-10-23)22-17(24)12-3-6-14(7-4-12)27-18(20)21/h3-8,11,18H,1-2,9-10H2,(H,22,24). The maximum absolute atomic E-state index is 12.7. The van der Waals surface area contributed by atoms with Crippen LogP contribution in [0.3, 0.4) is 0 Å². The molecule has 1 fully saturated rings. The molecule has 0 radical (unpaired) electrons. The number of nitrogens with zero attached hydrogens (tertiary/aromatic N) is 1. The summed E-state index contributed by atoms with van der Waals surface area (Å²) in [5, 5.41) is 2.65. The average molecular weight is 431 g/mol. The van der Waals surface area contributed by atoms with Crippen molar-refractivity contribution in [3.8, 4) is 5.75 Å². The summed E-state index contributed by atoms with van der Waals surface area (Å²) in [5.74, 6) is -0.604. The Hall–Kier alpha value is -2.23. The van der Waals surface area contributed by atoms with Crippen LogP contribution in [0.2, 0.25) is 5.02 Å². The van der Waals surface area contributed by atoms with E-state index in [1.807, 2.05) is 0 Å². The minimum Gasteiger partial charge on any atom is -0.435 e. The highest BCUT2D eigenvalue weighted by molar-refractivity contribution is 7.89. The lowest BCUT2D eigenvalue weighted by molar-refractivity contribution is -0.0498. The Bertz CT molecular complexity index is 962. The molecule has 0 unspecified atom stereocenters. The molecule has 28 heavy (non-hydrogen) atoms. The van der Waals surface area contributed by atoms with E-state index in [1.165, 1.54) is 46.8 Å². The summed E-state index contributed by atoms with van der Waals surface area (Å²) in [4.78, 5) is 12.3. The molecule has 10 heteroatoms. The number of benzene rings is 2. The lowest BCUT2D eigenvalue weighted by atomic mass is 10.2. The van der Waals surface area contributed by atoms with Gasteiger partial charge in [-0.05, 0) is 55.3 Å². The predicted octanol–water partition coefficient (Wildman–Crippen LogP) is 3.98. The van der Waals surface area contributed by atoms with Crippen LogP contribution in [-0.2, 0) is 10.0 Å². The molecule has 1 saturated heterocycles. The molecule has 1 aliphatic heterocycles. The number of nitrogens with one attached hydrogen (secondary N) is 1. The van der Waals surface area contributed by atoms with Crippen LogP contribution in [0.1, 0.15) is 23.2 Å². The predicted molar refractivity (Wildman–Crippen MR) is 100 cm³/mol. The van der Waals surface area contributed by atoms with Gasteiger partial charge in [0.2, 0.25) is 10.0 Å². The fourth-order valence-corrected chi connectivity index (χ4v) is 4.85. The van der Waals surface area contributed by atoms with Crippen molar-refractivity contribution in [3.63, 3.8) is 0 Å². The second-order valence-corrected chi connectivity index (χ2v) is 8.43. The number of sulfonamides is 1. The zero-order chi connectivity index (χ0) is 20.3. The van der Waals surface area contributed by atoms with Gasteiger partial charge in [0.15, 0.2) is 0 Å². The number of ether oxygens (including phenoxy) is 1. The van der Waals surface area contributed by atoms with Crippen LogP contribution < -0.4 is 10.1 Å². The Labute approximate surface area is 166 Å². The van der Waals surface area contributed by atoms with Crippen molar-refractivity contribution >= 4 is 33.2 Å². The normalized spacial score (nSPS) is 15.0. The van der Waals surface area contributed by atoms with Crippen molar-refractivity contribution in [1.82, 2.24) is 4.31 Å². The summed E-state index contributed by atoms with van der Waals surface area (Å²) >= 11 is 6.08. The van der Waals surface area contributed by atoms with Crippen molar-refractivity contribution in [1.29, 1.82) is 0 Å². The first-order chi connectivity index (χ1) is 13.3. The Morgan fingerprint density at radius 1 is 1.11 bits per heavy atom. The van der Waals surface area contributed by atoms with Crippen molar-refractivity contribution in [2.24, 2.45) is 0 Å². The van der Waals surface area contributed by atoms with Crippen LogP contribution in [0.5, 0.6) is 5.75 Å². The molecule has 6 nitrogen and oxygen atoms in total. The zero-order valence-corrected chi connectivity index (χ0v) is 16.1. The summed E-state index contributed by atoms with van der Waals surface area (Å²) < 4.78 is 55.4. The van der Waals surface area contributed by atoms with Gasteiger partial charge in [0, 0.05) is 24.3 Å². The van der Waals surface area contributed by atoms with Gasteiger partial charge < -0.3 is 10.1 Å².